The Bertz CT molecular complexity index is 1190. The number of para-hydroxylation sites is 1. The summed E-state index contributed by atoms with van der Waals surface area (Å²) in [6, 6.07) is 11.2. The molecule has 174 valence electrons. The zero-order valence-electron chi connectivity index (χ0n) is 20.3. The number of fused-ring (bicyclic) bond motifs is 1. The maximum absolute atomic E-state index is 13.2. The predicted molar refractivity (Wildman–Crippen MR) is 135 cm³/mol. The molecule has 5 nitrogen and oxygen atoms in total. The lowest BCUT2D eigenvalue weighted by atomic mass is 9.87. The van der Waals surface area contributed by atoms with Crippen LogP contribution in [0.4, 0.5) is 5.82 Å². The number of nitrogens with one attached hydrogen (secondary N) is 1. The third kappa shape index (κ3) is 6.38. The number of aromatic nitrogens is 2. The van der Waals surface area contributed by atoms with Crippen LogP contribution < -0.4 is 5.32 Å². The van der Waals surface area contributed by atoms with Gasteiger partial charge >= 0.3 is 0 Å². The van der Waals surface area contributed by atoms with Gasteiger partial charge in [-0.2, -0.15) is 0 Å². The molecule has 1 heterocycles. The Labute approximate surface area is 201 Å². The molecule has 0 aliphatic rings. The molecule has 3 aromatic rings. The Kier molecular flexibility index (Phi) is 7.23. The van der Waals surface area contributed by atoms with Crippen molar-refractivity contribution >= 4 is 39.9 Å². The molecule has 0 fully saturated rings. The summed E-state index contributed by atoms with van der Waals surface area (Å²) in [5, 5.41) is 4.69. The van der Waals surface area contributed by atoms with E-state index in [1.165, 1.54) is 6.33 Å². The SMILES string of the molecule is CC(C)(C)Nc1ncnc2c(CC(=O)c3cc(CCC(=O)C(C)(C)C)ccc3Cl)cccc12. The smallest absolute Gasteiger partial charge is 0.168 e. The molecule has 0 bridgehead atoms. The maximum atomic E-state index is 13.2. The Morgan fingerprint density at radius 1 is 1.00 bits per heavy atom. The van der Waals surface area contributed by atoms with Gasteiger partial charge in [0.25, 0.3) is 0 Å². The molecule has 0 saturated carbocycles. The average Bonchev–Trinajstić information content (AvgIpc) is 2.71. The van der Waals surface area contributed by atoms with E-state index in [-0.39, 0.29) is 28.9 Å². The minimum absolute atomic E-state index is 0.0829. The minimum Gasteiger partial charge on any atom is -0.365 e. The normalized spacial score (nSPS) is 12.1. The van der Waals surface area contributed by atoms with Gasteiger partial charge in [-0.25, -0.2) is 9.97 Å². The number of ketones is 2. The molecule has 33 heavy (non-hydrogen) atoms. The molecule has 0 radical (unpaired) electrons. The molecule has 1 aromatic heterocycles. The van der Waals surface area contributed by atoms with Crippen LogP contribution in [-0.4, -0.2) is 27.1 Å². The molecular formula is C27H32ClN3O2. The van der Waals surface area contributed by atoms with Crippen LogP contribution in [0.15, 0.2) is 42.7 Å². The molecule has 0 spiro atoms. The molecule has 0 aliphatic heterocycles. The molecular weight excluding hydrogens is 434 g/mol. The summed E-state index contributed by atoms with van der Waals surface area (Å²) in [4.78, 5) is 34.4. The highest BCUT2D eigenvalue weighted by molar-refractivity contribution is 6.34. The van der Waals surface area contributed by atoms with Crippen molar-refractivity contribution in [1.82, 2.24) is 9.97 Å². The van der Waals surface area contributed by atoms with Gasteiger partial charge in [0.1, 0.15) is 17.9 Å². The molecule has 1 N–H and O–H groups in total. The summed E-state index contributed by atoms with van der Waals surface area (Å²) in [5.41, 5.74) is 2.43. The van der Waals surface area contributed by atoms with Gasteiger partial charge in [-0.15, -0.1) is 0 Å². The Morgan fingerprint density at radius 2 is 1.73 bits per heavy atom. The summed E-state index contributed by atoms with van der Waals surface area (Å²) in [7, 11) is 0. The monoisotopic (exact) mass is 465 g/mol. The van der Waals surface area contributed by atoms with Gasteiger partial charge in [-0.05, 0) is 56.5 Å². The van der Waals surface area contributed by atoms with E-state index in [0.29, 0.717) is 23.4 Å². The van der Waals surface area contributed by atoms with Crippen LogP contribution in [0, 0.1) is 5.41 Å². The van der Waals surface area contributed by atoms with Crippen LogP contribution in [0.5, 0.6) is 0 Å². The standard InChI is InChI=1S/C27H32ClN3O2/c1-26(2,3)23(33)13-11-17-10-12-21(28)20(14-17)22(32)15-18-8-7-9-19-24(18)29-16-30-25(19)31-27(4,5)6/h7-10,12,14,16H,11,13,15H2,1-6H3,(H,29,30,31). The maximum Gasteiger partial charge on any atom is 0.168 e. The van der Waals surface area contributed by atoms with E-state index in [9.17, 15) is 9.59 Å². The van der Waals surface area contributed by atoms with Crippen molar-refractivity contribution in [3.63, 3.8) is 0 Å². The predicted octanol–water partition coefficient (Wildman–Crippen LogP) is 6.47. The minimum atomic E-state index is -0.373. The van der Waals surface area contributed by atoms with E-state index >= 15 is 0 Å². The molecule has 0 amide bonds. The largest absolute Gasteiger partial charge is 0.365 e. The van der Waals surface area contributed by atoms with Crippen LogP contribution in [0.3, 0.4) is 0 Å². The van der Waals surface area contributed by atoms with Crippen LogP contribution in [0.2, 0.25) is 5.02 Å². The van der Waals surface area contributed by atoms with Gasteiger partial charge in [0.15, 0.2) is 5.78 Å². The van der Waals surface area contributed by atoms with E-state index < -0.39 is 0 Å². The lowest BCUT2D eigenvalue weighted by molar-refractivity contribution is -0.126. The molecule has 0 unspecified atom stereocenters. The number of hydrogen-bond donors (Lipinski definition) is 1. The zero-order valence-corrected chi connectivity index (χ0v) is 21.0. The van der Waals surface area contributed by atoms with Gasteiger partial charge in [0.05, 0.1) is 10.5 Å². The van der Waals surface area contributed by atoms with Crippen LogP contribution in [0.1, 0.15) is 69.4 Å². The number of benzene rings is 2. The number of carbonyl (C=O) groups is 2. The molecule has 0 aliphatic carbocycles. The van der Waals surface area contributed by atoms with Crippen molar-refractivity contribution in [3.05, 3.63) is 64.4 Å². The fraction of sp³-hybridized carbons (Fsp3) is 0.407. The van der Waals surface area contributed by atoms with E-state index in [2.05, 4.69) is 36.1 Å². The fourth-order valence-corrected chi connectivity index (χ4v) is 3.81. The molecule has 0 saturated heterocycles. The molecule has 2 aromatic carbocycles. The van der Waals surface area contributed by atoms with Gasteiger partial charge in [0, 0.05) is 34.7 Å². The number of carbonyl (C=O) groups excluding carboxylic acids is 2. The molecule has 6 heteroatoms. The number of nitrogens with zero attached hydrogens (tertiary/aromatic N) is 2. The van der Waals surface area contributed by atoms with Crippen LogP contribution in [-0.2, 0) is 17.6 Å². The number of hydrogen-bond acceptors (Lipinski definition) is 5. The third-order valence-corrected chi connectivity index (χ3v) is 5.73. The first-order chi connectivity index (χ1) is 15.3. The summed E-state index contributed by atoms with van der Waals surface area (Å²) < 4.78 is 0. The highest BCUT2D eigenvalue weighted by atomic mass is 35.5. The quantitative estimate of drug-likeness (QED) is 0.405. The summed E-state index contributed by atoms with van der Waals surface area (Å²) >= 11 is 6.39. The lowest BCUT2D eigenvalue weighted by Crippen LogP contribution is -2.26. The first-order valence-electron chi connectivity index (χ1n) is 11.2. The van der Waals surface area contributed by atoms with Crippen molar-refractivity contribution in [1.29, 1.82) is 0 Å². The first kappa shape index (κ1) is 24.8. The first-order valence-corrected chi connectivity index (χ1v) is 11.6. The van der Waals surface area contributed by atoms with E-state index in [1.54, 1.807) is 6.07 Å². The molecule has 0 atom stereocenters. The topological polar surface area (TPSA) is 72.0 Å². The van der Waals surface area contributed by atoms with Crippen molar-refractivity contribution in [2.75, 3.05) is 5.32 Å². The number of anilines is 1. The Hall–Kier alpha value is -2.79. The second-order valence-corrected chi connectivity index (χ2v) is 10.9. The van der Waals surface area contributed by atoms with Gasteiger partial charge in [0.2, 0.25) is 0 Å². The summed E-state index contributed by atoms with van der Waals surface area (Å²) in [6.07, 6.45) is 2.71. The van der Waals surface area contributed by atoms with Gasteiger partial charge in [-0.1, -0.05) is 50.6 Å². The fourth-order valence-electron chi connectivity index (χ4n) is 3.59. The van der Waals surface area contributed by atoms with Crippen molar-refractivity contribution in [2.45, 2.75) is 66.3 Å². The number of Topliss-reactive ketones (excluding diaryl/α,β-unsaturated/α-hetero) is 2. The number of aryl methyl sites for hydroxylation is 1. The highest BCUT2D eigenvalue weighted by Gasteiger charge is 2.21. The number of halogens is 1. The van der Waals surface area contributed by atoms with E-state index in [1.807, 2.05) is 51.1 Å². The van der Waals surface area contributed by atoms with Gasteiger partial charge in [-0.3, -0.25) is 9.59 Å². The zero-order chi connectivity index (χ0) is 24.4. The van der Waals surface area contributed by atoms with Crippen molar-refractivity contribution in [2.24, 2.45) is 5.41 Å². The van der Waals surface area contributed by atoms with Crippen LogP contribution in [0.25, 0.3) is 10.9 Å². The van der Waals surface area contributed by atoms with Crippen molar-refractivity contribution in [3.8, 4) is 0 Å². The van der Waals surface area contributed by atoms with Crippen molar-refractivity contribution < 1.29 is 9.59 Å². The van der Waals surface area contributed by atoms with E-state index in [0.717, 1.165) is 27.8 Å². The lowest BCUT2D eigenvalue weighted by Gasteiger charge is -2.22. The second kappa shape index (κ2) is 9.60. The average molecular weight is 466 g/mol. The summed E-state index contributed by atoms with van der Waals surface area (Å²) in [5.74, 6) is 0.853. The molecule has 3 rings (SSSR count). The van der Waals surface area contributed by atoms with E-state index in [4.69, 9.17) is 11.6 Å². The van der Waals surface area contributed by atoms with Crippen LogP contribution >= 0.6 is 11.6 Å². The number of rotatable bonds is 7. The summed E-state index contributed by atoms with van der Waals surface area (Å²) in [6.45, 7) is 12.0. The van der Waals surface area contributed by atoms with Gasteiger partial charge < -0.3 is 5.32 Å². The Morgan fingerprint density at radius 3 is 2.39 bits per heavy atom. The highest BCUT2D eigenvalue weighted by Crippen LogP contribution is 2.27. The Balaban J connectivity index is 1.86. The third-order valence-electron chi connectivity index (χ3n) is 5.40. The second-order valence-electron chi connectivity index (χ2n) is 10.5.